The van der Waals surface area contributed by atoms with Crippen molar-refractivity contribution in [2.45, 2.75) is 6.23 Å². The number of carbonyl (C=O) groups excluding carboxylic acids is 1. The van der Waals surface area contributed by atoms with Gasteiger partial charge in [-0.25, -0.2) is 4.79 Å². The highest BCUT2D eigenvalue weighted by atomic mass is 127. The second-order valence-electron chi connectivity index (χ2n) is 4.03. The first kappa shape index (κ1) is 11.5. The molecule has 0 radical (unpaired) electrons. The number of ether oxygens (including phenoxy) is 1. The molecular weight excluding hydrogens is 341 g/mol. The topological polar surface area (TPSA) is 38.3 Å². The van der Waals surface area contributed by atoms with Gasteiger partial charge in [0, 0.05) is 9.13 Å². The maximum Gasteiger partial charge on any atom is 0.342 e. The quantitative estimate of drug-likeness (QED) is 0.631. The first-order valence-electron chi connectivity index (χ1n) is 5.56. The van der Waals surface area contributed by atoms with Crippen molar-refractivity contribution in [2.24, 2.45) is 0 Å². The van der Waals surface area contributed by atoms with Crippen LogP contribution in [0.4, 0.5) is 5.69 Å². The lowest BCUT2D eigenvalue weighted by atomic mass is 10.1. The summed E-state index contributed by atoms with van der Waals surface area (Å²) in [5.41, 5.74) is 2.35. The fourth-order valence-electron chi connectivity index (χ4n) is 1.95. The maximum atomic E-state index is 11.9. The van der Waals surface area contributed by atoms with Gasteiger partial charge in [0.2, 0.25) is 0 Å². The van der Waals surface area contributed by atoms with E-state index < -0.39 is 6.23 Å². The Bertz CT molecular complexity index is 612. The zero-order chi connectivity index (χ0) is 12.5. The molecular formula is C14H10INO2. The summed E-state index contributed by atoms with van der Waals surface area (Å²) in [5.74, 6) is -0.284. The number of benzene rings is 2. The summed E-state index contributed by atoms with van der Waals surface area (Å²) in [7, 11) is 0. The molecule has 18 heavy (non-hydrogen) atoms. The molecule has 0 aliphatic carbocycles. The maximum absolute atomic E-state index is 11.9. The molecule has 1 atom stereocenters. The summed E-state index contributed by atoms with van der Waals surface area (Å²) in [4.78, 5) is 11.9. The SMILES string of the molecule is O=C1OC(c2cccc(I)c2)Nc2ccccc21. The van der Waals surface area contributed by atoms with Crippen molar-refractivity contribution in [3.8, 4) is 0 Å². The number of fused-ring (bicyclic) bond motifs is 1. The van der Waals surface area contributed by atoms with E-state index in [2.05, 4.69) is 27.9 Å². The fourth-order valence-corrected chi connectivity index (χ4v) is 2.52. The van der Waals surface area contributed by atoms with Crippen LogP contribution in [0.3, 0.4) is 0 Å². The standard InChI is InChI=1S/C14H10INO2/c15-10-5-3-4-9(8-10)13-16-12-7-2-1-6-11(12)14(17)18-13/h1-8,13,16H. The van der Waals surface area contributed by atoms with E-state index in [0.29, 0.717) is 5.56 Å². The van der Waals surface area contributed by atoms with Gasteiger partial charge in [-0.1, -0.05) is 24.3 Å². The lowest BCUT2D eigenvalue weighted by Gasteiger charge is -2.26. The number of rotatable bonds is 1. The van der Waals surface area contributed by atoms with Crippen LogP contribution in [0, 0.1) is 3.57 Å². The molecule has 2 aromatic carbocycles. The largest absolute Gasteiger partial charge is 0.434 e. The molecule has 1 N–H and O–H groups in total. The van der Waals surface area contributed by atoms with Crippen molar-refractivity contribution in [1.82, 2.24) is 0 Å². The molecule has 0 amide bonds. The van der Waals surface area contributed by atoms with E-state index in [9.17, 15) is 4.79 Å². The van der Waals surface area contributed by atoms with Gasteiger partial charge in [0.05, 0.1) is 11.3 Å². The van der Waals surface area contributed by atoms with Gasteiger partial charge in [-0.15, -0.1) is 0 Å². The van der Waals surface area contributed by atoms with Gasteiger partial charge in [-0.05, 0) is 46.9 Å². The molecule has 0 saturated heterocycles. The minimum atomic E-state index is -0.415. The summed E-state index contributed by atoms with van der Waals surface area (Å²) >= 11 is 2.24. The van der Waals surface area contributed by atoms with E-state index >= 15 is 0 Å². The monoisotopic (exact) mass is 351 g/mol. The van der Waals surface area contributed by atoms with Crippen LogP contribution in [0.15, 0.2) is 48.5 Å². The fraction of sp³-hybridized carbons (Fsp3) is 0.0714. The lowest BCUT2D eigenvalue weighted by molar-refractivity contribution is 0.0330. The molecule has 90 valence electrons. The normalized spacial score (nSPS) is 17.6. The van der Waals surface area contributed by atoms with Crippen LogP contribution in [-0.2, 0) is 4.74 Å². The minimum Gasteiger partial charge on any atom is -0.434 e. The predicted molar refractivity (Wildman–Crippen MR) is 77.4 cm³/mol. The Kier molecular flexibility index (Phi) is 2.95. The molecule has 0 fully saturated rings. The van der Waals surface area contributed by atoms with Gasteiger partial charge in [-0.3, -0.25) is 0 Å². The smallest absolute Gasteiger partial charge is 0.342 e. The van der Waals surface area contributed by atoms with Gasteiger partial charge < -0.3 is 10.1 Å². The lowest BCUT2D eigenvalue weighted by Crippen LogP contribution is -2.25. The molecule has 3 rings (SSSR count). The van der Waals surface area contributed by atoms with Crippen molar-refractivity contribution in [3.05, 3.63) is 63.2 Å². The predicted octanol–water partition coefficient (Wildman–Crippen LogP) is 3.57. The summed E-state index contributed by atoms with van der Waals surface area (Å²) in [6.07, 6.45) is -0.415. The van der Waals surface area contributed by atoms with E-state index in [4.69, 9.17) is 4.74 Å². The highest BCUT2D eigenvalue weighted by Gasteiger charge is 2.26. The van der Waals surface area contributed by atoms with Crippen molar-refractivity contribution in [1.29, 1.82) is 0 Å². The third-order valence-corrected chi connectivity index (χ3v) is 3.48. The Balaban J connectivity index is 1.97. The summed E-state index contributed by atoms with van der Waals surface area (Å²) in [6, 6.07) is 15.3. The Morgan fingerprint density at radius 2 is 1.94 bits per heavy atom. The number of hydrogen-bond acceptors (Lipinski definition) is 3. The van der Waals surface area contributed by atoms with Gasteiger partial charge in [0.1, 0.15) is 0 Å². The molecule has 0 aromatic heterocycles. The highest BCUT2D eigenvalue weighted by Crippen LogP contribution is 2.30. The number of carbonyl (C=O) groups is 1. The van der Waals surface area contributed by atoms with Crippen molar-refractivity contribution < 1.29 is 9.53 Å². The van der Waals surface area contributed by atoms with E-state index in [0.717, 1.165) is 14.8 Å². The number of anilines is 1. The van der Waals surface area contributed by atoms with Crippen LogP contribution in [-0.4, -0.2) is 5.97 Å². The zero-order valence-electron chi connectivity index (χ0n) is 9.39. The number of nitrogens with one attached hydrogen (secondary N) is 1. The summed E-state index contributed by atoms with van der Waals surface area (Å²) in [6.45, 7) is 0. The number of para-hydroxylation sites is 1. The van der Waals surface area contributed by atoms with Crippen LogP contribution >= 0.6 is 22.6 Å². The second-order valence-corrected chi connectivity index (χ2v) is 5.28. The van der Waals surface area contributed by atoms with Crippen molar-refractivity contribution >= 4 is 34.2 Å². The molecule has 0 bridgehead atoms. The summed E-state index contributed by atoms with van der Waals surface area (Å²) < 4.78 is 6.51. The second kappa shape index (κ2) is 4.61. The van der Waals surface area contributed by atoms with Gasteiger partial charge >= 0.3 is 5.97 Å². The van der Waals surface area contributed by atoms with Crippen LogP contribution in [0.2, 0.25) is 0 Å². The van der Waals surface area contributed by atoms with Crippen molar-refractivity contribution in [3.63, 3.8) is 0 Å². The van der Waals surface area contributed by atoms with Crippen LogP contribution in [0.5, 0.6) is 0 Å². The van der Waals surface area contributed by atoms with Crippen LogP contribution in [0.1, 0.15) is 22.1 Å². The minimum absolute atomic E-state index is 0.284. The number of halogens is 1. The van der Waals surface area contributed by atoms with Gasteiger partial charge in [0.15, 0.2) is 6.23 Å². The molecule has 4 heteroatoms. The molecule has 1 aliphatic heterocycles. The van der Waals surface area contributed by atoms with Crippen LogP contribution < -0.4 is 5.32 Å². The first-order valence-corrected chi connectivity index (χ1v) is 6.64. The third-order valence-electron chi connectivity index (χ3n) is 2.81. The Labute approximate surface area is 118 Å². The Morgan fingerprint density at radius 1 is 1.11 bits per heavy atom. The van der Waals surface area contributed by atoms with Crippen molar-refractivity contribution in [2.75, 3.05) is 5.32 Å². The Morgan fingerprint density at radius 3 is 2.78 bits per heavy atom. The molecule has 0 spiro atoms. The first-order chi connectivity index (χ1) is 8.74. The molecule has 2 aromatic rings. The molecule has 3 nitrogen and oxygen atoms in total. The highest BCUT2D eigenvalue weighted by molar-refractivity contribution is 14.1. The van der Waals surface area contributed by atoms with E-state index in [1.54, 1.807) is 6.07 Å². The molecule has 1 aliphatic rings. The average molecular weight is 351 g/mol. The van der Waals surface area contributed by atoms with Gasteiger partial charge in [0.25, 0.3) is 0 Å². The van der Waals surface area contributed by atoms with Gasteiger partial charge in [-0.2, -0.15) is 0 Å². The zero-order valence-corrected chi connectivity index (χ0v) is 11.5. The third kappa shape index (κ3) is 2.08. The van der Waals surface area contributed by atoms with Crippen LogP contribution in [0.25, 0.3) is 0 Å². The van der Waals surface area contributed by atoms with E-state index in [-0.39, 0.29) is 5.97 Å². The molecule has 1 unspecified atom stereocenters. The molecule has 1 heterocycles. The average Bonchev–Trinajstić information content (AvgIpc) is 2.39. The van der Waals surface area contributed by atoms with E-state index in [1.807, 2.05) is 42.5 Å². The van der Waals surface area contributed by atoms with E-state index in [1.165, 1.54) is 0 Å². The number of esters is 1. The Hall–Kier alpha value is -1.56. The summed E-state index contributed by atoms with van der Waals surface area (Å²) in [5, 5.41) is 3.22. The number of cyclic esters (lactones) is 1. The number of hydrogen-bond donors (Lipinski definition) is 1. The molecule has 0 saturated carbocycles.